The Morgan fingerprint density at radius 2 is 2.25 bits per heavy atom. The SMILES string of the molecule is CC(C(=O)O)c1cc(Cl)c2ccoc2c1O. The summed E-state index contributed by atoms with van der Waals surface area (Å²) in [7, 11) is 0. The predicted octanol–water partition coefficient (Wildman–Crippen LogP) is 2.98. The Balaban J connectivity index is 2.71. The molecule has 0 amide bonds. The highest BCUT2D eigenvalue weighted by Gasteiger charge is 2.22. The number of aromatic hydroxyl groups is 1. The van der Waals surface area contributed by atoms with Crippen LogP contribution in [0.4, 0.5) is 0 Å². The van der Waals surface area contributed by atoms with Crippen LogP contribution < -0.4 is 0 Å². The third kappa shape index (κ3) is 1.51. The molecule has 0 aliphatic rings. The van der Waals surface area contributed by atoms with Gasteiger partial charge in [-0.15, -0.1) is 0 Å². The van der Waals surface area contributed by atoms with Gasteiger partial charge in [0.25, 0.3) is 0 Å². The number of aliphatic carboxylic acids is 1. The normalized spacial score (nSPS) is 12.9. The summed E-state index contributed by atoms with van der Waals surface area (Å²) in [5, 5.41) is 19.7. The maximum atomic E-state index is 10.9. The van der Waals surface area contributed by atoms with Gasteiger partial charge in [-0.05, 0) is 19.1 Å². The van der Waals surface area contributed by atoms with Crippen molar-refractivity contribution in [3.63, 3.8) is 0 Å². The predicted molar refractivity (Wildman–Crippen MR) is 58.9 cm³/mol. The minimum absolute atomic E-state index is 0.167. The second kappa shape index (κ2) is 3.72. The van der Waals surface area contributed by atoms with Crippen LogP contribution in [0.25, 0.3) is 11.0 Å². The number of hydrogen-bond acceptors (Lipinski definition) is 3. The molecule has 5 heteroatoms. The van der Waals surface area contributed by atoms with Gasteiger partial charge in [0.05, 0.1) is 17.2 Å². The van der Waals surface area contributed by atoms with Gasteiger partial charge in [-0.3, -0.25) is 4.79 Å². The summed E-state index contributed by atoms with van der Waals surface area (Å²) in [6.45, 7) is 1.47. The number of furan rings is 1. The Hall–Kier alpha value is -1.68. The second-order valence-electron chi connectivity index (χ2n) is 3.52. The molecule has 2 N–H and O–H groups in total. The van der Waals surface area contributed by atoms with Gasteiger partial charge in [0.2, 0.25) is 0 Å². The van der Waals surface area contributed by atoms with Crippen molar-refractivity contribution in [2.75, 3.05) is 0 Å². The zero-order chi connectivity index (χ0) is 11.9. The van der Waals surface area contributed by atoms with Gasteiger partial charge in [-0.2, -0.15) is 0 Å². The Labute approximate surface area is 96.1 Å². The molecule has 1 unspecified atom stereocenters. The van der Waals surface area contributed by atoms with E-state index in [1.807, 2.05) is 0 Å². The van der Waals surface area contributed by atoms with E-state index in [9.17, 15) is 9.90 Å². The van der Waals surface area contributed by atoms with Crippen LogP contribution in [0.3, 0.4) is 0 Å². The summed E-state index contributed by atoms with van der Waals surface area (Å²) in [6, 6.07) is 3.07. The average Bonchev–Trinajstić information content (AvgIpc) is 2.71. The van der Waals surface area contributed by atoms with E-state index in [0.29, 0.717) is 10.4 Å². The van der Waals surface area contributed by atoms with Crippen molar-refractivity contribution >= 4 is 28.5 Å². The van der Waals surface area contributed by atoms with E-state index >= 15 is 0 Å². The van der Waals surface area contributed by atoms with Gasteiger partial charge in [-0.1, -0.05) is 11.6 Å². The fourth-order valence-corrected chi connectivity index (χ4v) is 1.82. The van der Waals surface area contributed by atoms with E-state index in [2.05, 4.69) is 0 Å². The number of carboxylic acid groups (broad SMARTS) is 1. The van der Waals surface area contributed by atoms with Crippen LogP contribution in [-0.2, 0) is 4.79 Å². The number of rotatable bonds is 2. The molecule has 0 aliphatic heterocycles. The van der Waals surface area contributed by atoms with Crippen molar-refractivity contribution in [1.82, 2.24) is 0 Å². The summed E-state index contributed by atoms with van der Waals surface area (Å²) in [6.07, 6.45) is 1.39. The summed E-state index contributed by atoms with van der Waals surface area (Å²) in [5.74, 6) is -2.04. The van der Waals surface area contributed by atoms with Gasteiger partial charge in [-0.25, -0.2) is 0 Å². The molecular weight excluding hydrogens is 232 g/mol. The molecule has 1 aromatic heterocycles. The van der Waals surface area contributed by atoms with Gasteiger partial charge < -0.3 is 14.6 Å². The van der Waals surface area contributed by atoms with Crippen molar-refractivity contribution in [3.05, 3.63) is 29.0 Å². The summed E-state index contributed by atoms with van der Waals surface area (Å²) in [5.41, 5.74) is 0.468. The smallest absolute Gasteiger partial charge is 0.310 e. The zero-order valence-electron chi connectivity index (χ0n) is 8.40. The monoisotopic (exact) mass is 240 g/mol. The number of phenols is 1. The first-order valence-electron chi connectivity index (χ1n) is 4.63. The molecule has 0 saturated heterocycles. The number of hydrogen-bond donors (Lipinski definition) is 2. The molecule has 1 heterocycles. The van der Waals surface area contributed by atoms with Crippen molar-refractivity contribution < 1.29 is 19.4 Å². The lowest BCUT2D eigenvalue weighted by molar-refractivity contribution is -0.138. The Morgan fingerprint density at radius 1 is 1.56 bits per heavy atom. The average molecular weight is 241 g/mol. The highest BCUT2D eigenvalue weighted by molar-refractivity contribution is 6.35. The van der Waals surface area contributed by atoms with Crippen molar-refractivity contribution in [2.45, 2.75) is 12.8 Å². The third-order valence-electron chi connectivity index (χ3n) is 2.53. The minimum Gasteiger partial charge on any atom is -0.504 e. The maximum Gasteiger partial charge on any atom is 0.310 e. The highest BCUT2D eigenvalue weighted by atomic mass is 35.5. The van der Waals surface area contributed by atoms with E-state index in [1.54, 1.807) is 6.07 Å². The number of halogens is 1. The van der Waals surface area contributed by atoms with E-state index < -0.39 is 11.9 Å². The molecule has 0 radical (unpaired) electrons. The first-order valence-corrected chi connectivity index (χ1v) is 5.01. The quantitative estimate of drug-likeness (QED) is 0.847. The van der Waals surface area contributed by atoms with Gasteiger partial charge >= 0.3 is 5.97 Å². The van der Waals surface area contributed by atoms with Crippen LogP contribution in [0.5, 0.6) is 5.75 Å². The molecule has 4 nitrogen and oxygen atoms in total. The highest BCUT2D eigenvalue weighted by Crippen LogP contribution is 2.38. The van der Waals surface area contributed by atoms with E-state index in [4.69, 9.17) is 21.1 Å². The lowest BCUT2D eigenvalue weighted by atomic mass is 9.99. The second-order valence-corrected chi connectivity index (χ2v) is 3.93. The lowest BCUT2D eigenvalue weighted by Gasteiger charge is -2.10. The molecule has 16 heavy (non-hydrogen) atoms. The van der Waals surface area contributed by atoms with E-state index in [0.717, 1.165) is 0 Å². The minimum atomic E-state index is -1.03. The Morgan fingerprint density at radius 3 is 2.88 bits per heavy atom. The number of carboxylic acids is 1. The lowest BCUT2D eigenvalue weighted by Crippen LogP contribution is -2.07. The Bertz CT molecular complexity index is 558. The number of phenolic OH excluding ortho intramolecular Hbond substituents is 1. The molecule has 2 aromatic rings. The topological polar surface area (TPSA) is 70.7 Å². The first-order chi connectivity index (χ1) is 7.52. The summed E-state index contributed by atoms with van der Waals surface area (Å²) < 4.78 is 5.07. The molecule has 0 aliphatic carbocycles. The van der Waals surface area contributed by atoms with Crippen LogP contribution in [0.15, 0.2) is 22.8 Å². The Kier molecular flexibility index (Phi) is 2.52. The van der Waals surface area contributed by atoms with Crippen LogP contribution in [0.1, 0.15) is 18.4 Å². The van der Waals surface area contributed by atoms with Gasteiger partial charge in [0.15, 0.2) is 11.3 Å². The molecular formula is C11H9ClO4. The summed E-state index contributed by atoms with van der Waals surface area (Å²) >= 11 is 5.96. The molecule has 2 rings (SSSR count). The summed E-state index contributed by atoms with van der Waals surface area (Å²) in [4.78, 5) is 10.9. The molecule has 0 spiro atoms. The van der Waals surface area contributed by atoms with Crippen molar-refractivity contribution in [2.24, 2.45) is 0 Å². The molecule has 0 saturated carbocycles. The van der Waals surface area contributed by atoms with Crippen LogP contribution in [0.2, 0.25) is 5.02 Å². The molecule has 84 valence electrons. The molecule has 0 fully saturated rings. The molecule has 0 bridgehead atoms. The third-order valence-corrected chi connectivity index (χ3v) is 2.84. The van der Waals surface area contributed by atoms with Crippen LogP contribution in [-0.4, -0.2) is 16.2 Å². The van der Waals surface area contributed by atoms with Gasteiger partial charge in [0.1, 0.15) is 0 Å². The standard InChI is InChI=1S/C11H9ClO4/c1-5(11(14)15)7-4-8(12)6-2-3-16-10(6)9(7)13/h2-5,13H,1H3,(H,14,15). The zero-order valence-corrected chi connectivity index (χ0v) is 9.15. The fraction of sp³-hybridized carbons (Fsp3) is 0.182. The molecule has 1 atom stereocenters. The number of carbonyl (C=O) groups is 1. The van der Waals surface area contributed by atoms with Crippen molar-refractivity contribution in [1.29, 1.82) is 0 Å². The largest absolute Gasteiger partial charge is 0.504 e. The fourth-order valence-electron chi connectivity index (χ4n) is 1.56. The number of fused-ring (bicyclic) bond motifs is 1. The van der Waals surface area contributed by atoms with E-state index in [1.165, 1.54) is 19.3 Å². The van der Waals surface area contributed by atoms with Crippen molar-refractivity contribution in [3.8, 4) is 5.75 Å². The first kappa shape index (κ1) is 10.8. The van der Waals surface area contributed by atoms with Crippen LogP contribution >= 0.6 is 11.6 Å². The maximum absolute atomic E-state index is 10.9. The van der Waals surface area contributed by atoms with Crippen LogP contribution in [0, 0.1) is 0 Å². The number of benzene rings is 1. The van der Waals surface area contributed by atoms with Gasteiger partial charge in [0, 0.05) is 10.9 Å². The molecule has 1 aromatic carbocycles. The van der Waals surface area contributed by atoms with E-state index in [-0.39, 0.29) is 16.9 Å².